The Bertz CT molecular complexity index is 1030. The maximum atomic E-state index is 12.3. The van der Waals surface area contributed by atoms with Crippen LogP contribution in [0.1, 0.15) is 15.9 Å². The second-order valence-electron chi connectivity index (χ2n) is 5.71. The zero-order valence-corrected chi connectivity index (χ0v) is 16.5. The van der Waals surface area contributed by atoms with Crippen molar-refractivity contribution in [3.8, 4) is 11.5 Å². The first-order valence-corrected chi connectivity index (χ1v) is 9.25. The predicted octanol–water partition coefficient (Wildman–Crippen LogP) is 4.48. The summed E-state index contributed by atoms with van der Waals surface area (Å²) in [6.45, 7) is 4.06. The second-order valence-corrected chi connectivity index (χ2v) is 6.87. The molecule has 136 valence electrons. The molecule has 3 rings (SSSR count). The van der Waals surface area contributed by atoms with E-state index in [0.717, 1.165) is 25.7 Å². The maximum Gasteiger partial charge on any atom is 0.275 e. The van der Waals surface area contributed by atoms with Gasteiger partial charge in [0.2, 0.25) is 0 Å². The van der Waals surface area contributed by atoms with Crippen LogP contribution in [0.4, 0.5) is 0 Å². The summed E-state index contributed by atoms with van der Waals surface area (Å²) in [5.41, 5.74) is 3.43. The highest BCUT2D eigenvalue weighted by Gasteiger charge is 2.11. The van der Waals surface area contributed by atoms with Gasteiger partial charge in [0.05, 0.1) is 15.3 Å². The number of phenols is 1. The quantitative estimate of drug-likeness (QED) is 0.241. The Morgan fingerprint density at radius 3 is 2.63 bits per heavy atom. The van der Waals surface area contributed by atoms with Crippen LogP contribution in [0.5, 0.6) is 11.5 Å². The van der Waals surface area contributed by atoms with Gasteiger partial charge in [-0.2, -0.15) is 5.10 Å². The van der Waals surface area contributed by atoms with Gasteiger partial charge in [-0.1, -0.05) is 36.9 Å². The molecule has 0 aliphatic rings. The molecule has 0 atom stereocenters. The Kier molecular flexibility index (Phi) is 6.08. The van der Waals surface area contributed by atoms with E-state index >= 15 is 0 Å². The number of carbonyl (C=O) groups is 1. The lowest BCUT2D eigenvalue weighted by molar-refractivity contribution is 0.0952. The SMILES string of the molecule is C=CCOc1ccc(C=NNC(=O)c2cc3ccccc3cc2O)cc1I. The van der Waals surface area contributed by atoms with E-state index < -0.39 is 5.91 Å². The van der Waals surface area contributed by atoms with Crippen molar-refractivity contribution in [3.63, 3.8) is 0 Å². The van der Waals surface area contributed by atoms with Crippen LogP contribution in [0.3, 0.4) is 0 Å². The number of aromatic hydroxyl groups is 1. The molecule has 0 bridgehead atoms. The summed E-state index contributed by atoms with van der Waals surface area (Å²) in [7, 11) is 0. The summed E-state index contributed by atoms with van der Waals surface area (Å²) in [5, 5.41) is 15.8. The molecule has 0 saturated carbocycles. The number of hydrazone groups is 1. The molecular weight excluding hydrogens is 455 g/mol. The molecule has 5 nitrogen and oxygen atoms in total. The van der Waals surface area contributed by atoms with Gasteiger partial charge in [-0.3, -0.25) is 4.79 Å². The smallest absolute Gasteiger partial charge is 0.275 e. The van der Waals surface area contributed by atoms with Crippen LogP contribution >= 0.6 is 22.6 Å². The summed E-state index contributed by atoms with van der Waals surface area (Å²) >= 11 is 2.17. The third-order valence-corrected chi connectivity index (χ3v) is 4.64. The van der Waals surface area contributed by atoms with Crippen LogP contribution in [0.15, 0.2) is 72.4 Å². The number of hydrogen-bond donors (Lipinski definition) is 2. The lowest BCUT2D eigenvalue weighted by Crippen LogP contribution is -2.17. The highest BCUT2D eigenvalue weighted by molar-refractivity contribution is 14.1. The van der Waals surface area contributed by atoms with Crippen LogP contribution in [0.25, 0.3) is 10.8 Å². The summed E-state index contributed by atoms with van der Waals surface area (Å²) in [5.74, 6) is 0.201. The minimum Gasteiger partial charge on any atom is -0.507 e. The van der Waals surface area contributed by atoms with Crippen molar-refractivity contribution in [2.75, 3.05) is 6.61 Å². The van der Waals surface area contributed by atoms with Gasteiger partial charge in [0.25, 0.3) is 5.91 Å². The fourth-order valence-corrected chi connectivity index (χ4v) is 3.19. The normalized spacial score (nSPS) is 10.9. The van der Waals surface area contributed by atoms with Crippen LogP contribution < -0.4 is 10.2 Å². The molecule has 0 aliphatic carbocycles. The first-order chi connectivity index (χ1) is 13.1. The second kappa shape index (κ2) is 8.68. The lowest BCUT2D eigenvalue weighted by atomic mass is 10.1. The number of nitrogens with one attached hydrogen (secondary N) is 1. The Balaban J connectivity index is 1.71. The average molecular weight is 472 g/mol. The zero-order chi connectivity index (χ0) is 19.2. The third kappa shape index (κ3) is 4.65. The minimum absolute atomic E-state index is 0.0836. The van der Waals surface area contributed by atoms with Crippen molar-refractivity contribution < 1.29 is 14.6 Å². The number of rotatable bonds is 6. The molecule has 6 heteroatoms. The molecule has 0 spiro atoms. The monoisotopic (exact) mass is 472 g/mol. The van der Waals surface area contributed by atoms with Gasteiger partial charge in [-0.15, -0.1) is 0 Å². The molecule has 0 heterocycles. The molecule has 3 aromatic rings. The summed E-state index contributed by atoms with van der Waals surface area (Å²) in [6.07, 6.45) is 3.22. The van der Waals surface area contributed by atoms with E-state index in [4.69, 9.17) is 4.74 Å². The first kappa shape index (κ1) is 18.9. The molecular formula is C21H17IN2O3. The van der Waals surface area contributed by atoms with Crippen LogP contribution in [0, 0.1) is 3.57 Å². The van der Waals surface area contributed by atoms with Crippen molar-refractivity contribution in [2.45, 2.75) is 0 Å². The van der Waals surface area contributed by atoms with Crippen molar-refractivity contribution in [3.05, 3.63) is 81.9 Å². The van der Waals surface area contributed by atoms with Crippen molar-refractivity contribution in [2.24, 2.45) is 5.10 Å². The van der Waals surface area contributed by atoms with E-state index in [1.807, 2.05) is 42.5 Å². The fraction of sp³-hybridized carbons (Fsp3) is 0.0476. The van der Waals surface area contributed by atoms with E-state index in [0.29, 0.717) is 6.61 Å². The zero-order valence-electron chi connectivity index (χ0n) is 14.4. The van der Waals surface area contributed by atoms with Crippen molar-refractivity contribution in [1.82, 2.24) is 5.43 Å². The fourth-order valence-electron chi connectivity index (χ4n) is 2.50. The Morgan fingerprint density at radius 1 is 1.19 bits per heavy atom. The number of benzene rings is 3. The molecule has 3 aromatic carbocycles. The maximum absolute atomic E-state index is 12.3. The highest BCUT2D eigenvalue weighted by atomic mass is 127. The molecule has 2 N–H and O–H groups in total. The number of nitrogens with zero attached hydrogens (tertiary/aromatic N) is 1. The van der Waals surface area contributed by atoms with Crippen LogP contribution in [-0.2, 0) is 0 Å². The van der Waals surface area contributed by atoms with Gasteiger partial charge >= 0.3 is 0 Å². The highest BCUT2D eigenvalue weighted by Crippen LogP contribution is 2.25. The molecule has 1 amide bonds. The largest absolute Gasteiger partial charge is 0.507 e. The predicted molar refractivity (Wildman–Crippen MR) is 116 cm³/mol. The summed E-state index contributed by atoms with van der Waals surface area (Å²) in [6, 6.07) is 16.3. The molecule has 27 heavy (non-hydrogen) atoms. The van der Waals surface area contributed by atoms with Gasteiger partial charge in [-0.25, -0.2) is 5.43 Å². The first-order valence-electron chi connectivity index (χ1n) is 8.17. The van der Waals surface area contributed by atoms with E-state index in [1.165, 1.54) is 6.21 Å². The lowest BCUT2D eigenvalue weighted by Gasteiger charge is -2.07. The van der Waals surface area contributed by atoms with E-state index in [2.05, 4.69) is 39.7 Å². The number of halogens is 1. The molecule has 0 aromatic heterocycles. The number of amides is 1. The Hall–Kier alpha value is -2.87. The van der Waals surface area contributed by atoms with Gasteiger partial charge in [0.15, 0.2) is 0 Å². The number of fused-ring (bicyclic) bond motifs is 1. The van der Waals surface area contributed by atoms with Gasteiger partial charge < -0.3 is 9.84 Å². The summed E-state index contributed by atoms with van der Waals surface area (Å²) < 4.78 is 6.45. The molecule has 0 unspecified atom stereocenters. The van der Waals surface area contributed by atoms with Crippen molar-refractivity contribution >= 4 is 45.5 Å². The van der Waals surface area contributed by atoms with Gasteiger partial charge in [-0.05, 0) is 69.3 Å². The Morgan fingerprint density at radius 2 is 1.93 bits per heavy atom. The summed E-state index contributed by atoms with van der Waals surface area (Å²) in [4.78, 5) is 12.3. The minimum atomic E-state index is -0.477. The number of phenolic OH excluding ortho intramolecular Hbond substituents is 1. The van der Waals surface area contributed by atoms with Gasteiger partial charge in [0, 0.05) is 0 Å². The van der Waals surface area contributed by atoms with Gasteiger partial charge in [0.1, 0.15) is 18.1 Å². The molecule has 0 aliphatic heterocycles. The van der Waals surface area contributed by atoms with Crippen LogP contribution in [-0.4, -0.2) is 23.8 Å². The number of hydrogen-bond acceptors (Lipinski definition) is 4. The standard InChI is InChI=1S/C21H17IN2O3/c1-2-9-27-20-8-7-14(10-18(20)22)13-23-24-21(26)17-11-15-5-3-4-6-16(15)12-19(17)25/h2-8,10-13,25H,1,9H2,(H,24,26). The topological polar surface area (TPSA) is 70.9 Å². The molecule has 0 saturated heterocycles. The van der Waals surface area contributed by atoms with Crippen LogP contribution in [0.2, 0.25) is 0 Å². The molecule has 0 radical (unpaired) electrons. The third-order valence-electron chi connectivity index (χ3n) is 3.80. The average Bonchev–Trinajstić information content (AvgIpc) is 2.66. The molecule has 0 fully saturated rings. The van der Waals surface area contributed by atoms with Crippen molar-refractivity contribution in [1.29, 1.82) is 0 Å². The number of ether oxygens (including phenoxy) is 1. The Labute approximate surface area is 170 Å². The van der Waals surface area contributed by atoms with E-state index in [1.54, 1.807) is 18.2 Å². The number of carbonyl (C=O) groups excluding carboxylic acids is 1. The van der Waals surface area contributed by atoms with E-state index in [9.17, 15) is 9.90 Å². The van der Waals surface area contributed by atoms with E-state index in [-0.39, 0.29) is 11.3 Å².